The average Bonchev–Trinajstić information content (AvgIpc) is 2.99. The van der Waals surface area contributed by atoms with Crippen molar-refractivity contribution in [2.75, 3.05) is 47.5 Å². The fourth-order valence-electron chi connectivity index (χ4n) is 4.82. The minimum atomic E-state index is -4.61. The molecule has 0 saturated carbocycles. The standard InChI is InChI=1S/C36H70NO8P/c1-6-8-10-12-14-15-16-17-18-19-20-21-23-25-27-29-36(39)45-34(33-44-46(40,41)43-31-30-37(3,4)5)32-42-35(38)28-26-24-22-13-11-9-7-2/h17-18,34H,6-16,19-33H2,1-5H3/b18-17-/t34-/m1/s1. The van der Waals surface area contributed by atoms with Crippen molar-refractivity contribution in [3.8, 4) is 0 Å². The van der Waals surface area contributed by atoms with E-state index in [1.807, 2.05) is 21.1 Å². The van der Waals surface area contributed by atoms with Gasteiger partial charge in [0.25, 0.3) is 7.82 Å². The first kappa shape index (κ1) is 44.8. The summed E-state index contributed by atoms with van der Waals surface area (Å²) in [5.41, 5.74) is 0. The third kappa shape index (κ3) is 32.7. The Morgan fingerprint density at radius 1 is 0.652 bits per heavy atom. The highest BCUT2D eigenvalue weighted by molar-refractivity contribution is 7.45. The van der Waals surface area contributed by atoms with Gasteiger partial charge in [-0.05, 0) is 38.5 Å². The number of phosphoric acid groups is 1. The van der Waals surface area contributed by atoms with E-state index in [1.165, 1.54) is 70.6 Å². The summed E-state index contributed by atoms with van der Waals surface area (Å²) in [7, 11) is 1.16. The van der Waals surface area contributed by atoms with E-state index in [1.54, 1.807) is 0 Å². The highest BCUT2D eigenvalue weighted by Gasteiger charge is 2.21. The van der Waals surface area contributed by atoms with Crippen LogP contribution in [0, 0.1) is 0 Å². The molecule has 0 fully saturated rings. The Bertz CT molecular complexity index is 814. The summed E-state index contributed by atoms with van der Waals surface area (Å²) in [5, 5.41) is 0. The van der Waals surface area contributed by atoms with Gasteiger partial charge in [-0.25, -0.2) is 0 Å². The highest BCUT2D eigenvalue weighted by Crippen LogP contribution is 2.38. The third-order valence-corrected chi connectivity index (χ3v) is 8.75. The lowest BCUT2D eigenvalue weighted by Crippen LogP contribution is -2.37. The van der Waals surface area contributed by atoms with E-state index in [0.717, 1.165) is 51.4 Å². The molecule has 9 nitrogen and oxygen atoms in total. The Morgan fingerprint density at radius 2 is 1.11 bits per heavy atom. The number of allylic oxidation sites excluding steroid dienone is 2. The molecule has 10 heteroatoms. The number of quaternary nitrogens is 1. The monoisotopic (exact) mass is 675 g/mol. The molecule has 0 aromatic carbocycles. The summed E-state index contributed by atoms with van der Waals surface area (Å²) >= 11 is 0. The lowest BCUT2D eigenvalue weighted by molar-refractivity contribution is -0.870. The fourth-order valence-corrected chi connectivity index (χ4v) is 5.55. The zero-order valence-corrected chi connectivity index (χ0v) is 31.2. The molecule has 0 radical (unpaired) electrons. The maximum atomic E-state index is 12.6. The van der Waals surface area contributed by atoms with E-state index in [-0.39, 0.29) is 26.1 Å². The Balaban J connectivity index is 4.41. The van der Waals surface area contributed by atoms with Crippen molar-refractivity contribution >= 4 is 19.8 Å². The van der Waals surface area contributed by atoms with Crippen molar-refractivity contribution in [1.82, 2.24) is 0 Å². The van der Waals surface area contributed by atoms with Crippen molar-refractivity contribution in [3.05, 3.63) is 12.2 Å². The zero-order valence-electron chi connectivity index (χ0n) is 30.3. The molecule has 46 heavy (non-hydrogen) atoms. The molecule has 0 aromatic heterocycles. The van der Waals surface area contributed by atoms with Crippen molar-refractivity contribution < 1.29 is 42.1 Å². The molecule has 1 unspecified atom stereocenters. The van der Waals surface area contributed by atoms with Crippen LogP contribution in [0.1, 0.15) is 155 Å². The van der Waals surface area contributed by atoms with Crippen LogP contribution in [0.25, 0.3) is 0 Å². The fraction of sp³-hybridized carbons (Fsp3) is 0.889. The average molecular weight is 676 g/mol. The van der Waals surface area contributed by atoms with E-state index in [4.69, 9.17) is 18.5 Å². The minimum absolute atomic E-state index is 0.0301. The third-order valence-electron chi connectivity index (χ3n) is 7.79. The van der Waals surface area contributed by atoms with Crippen LogP contribution in [0.15, 0.2) is 12.2 Å². The first-order valence-electron chi connectivity index (χ1n) is 18.4. The van der Waals surface area contributed by atoms with Gasteiger partial charge in [-0.1, -0.05) is 116 Å². The number of carbonyl (C=O) groups excluding carboxylic acids is 2. The van der Waals surface area contributed by atoms with Crippen LogP contribution in [-0.4, -0.2) is 70.0 Å². The molecule has 272 valence electrons. The summed E-state index contributed by atoms with van der Waals surface area (Å²) < 4.78 is 33.6. The normalized spacial score (nSPS) is 14.0. The SMILES string of the molecule is CCCCCCCC/C=C\CCCCCCCC(=O)O[C@H](COC(=O)CCCCCCCCC)COP(=O)([O-])OCC[N+](C)(C)C. The summed E-state index contributed by atoms with van der Waals surface area (Å²) in [5.74, 6) is -0.850. The largest absolute Gasteiger partial charge is 0.756 e. The zero-order chi connectivity index (χ0) is 34.4. The molecular weight excluding hydrogens is 605 g/mol. The van der Waals surface area contributed by atoms with Crippen LogP contribution >= 0.6 is 7.82 Å². The first-order valence-corrected chi connectivity index (χ1v) is 19.9. The second-order valence-corrected chi connectivity index (χ2v) is 15.0. The van der Waals surface area contributed by atoms with Crippen molar-refractivity contribution in [2.45, 2.75) is 161 Å². The van der Waals surface area contributed by atoms with Gasteiger partial charge >= 0.3 is 11.9 Å². The van der Waals surface area contributed by atoms with Gasteiger partial charge in [-0.2, -0.15) is 0 Å². The molecule has 0 aliphatic rings. The molecule has 2 atom stereocenters. The lowest BCUT2D eigenvalue weighted by Gasteiger charge is -2.28. The van der Waals surface area contributed by atoms with Crippen molar-refractivity contribution in [1.29, 1.82) is 0 Å². The molecule has 0 amide bonds. The van der Waals surface area contributed by atoms with Crippen LogP contribution < -0.4 is 4.89 Å². The molecular formula is C36H70NO8P. The van der Waals surface area contributed by atoms with E-state index in [2.05, 4.69) is 26.0 Å². The number of likely N-dealkylation sites (N-methyl/N-ethyl adjacent to an activating group) is 1. The van der Waals surface area contributed by atoms with Crippen molar-refractivity contribution in [3.63, 3.8) is 0 Å². The quantitative estimate of drug-likeness (QED) is 0.0223. The molecule has 0 aliphatic heterocycles. The lowest BCUT2D eigenvalue weighted by atomic mass is 10.1. The van der Waals surface area contributed by atoms with Crippen molar-refractivity contribution in [2.24, 2.45) is 0 Å². The topological polar surface area (TPSA) is 111 Å². The number of ether oxygens (including phenoxy) is 2. The van der Waals surface area contributed by atoms with Crippen LogP contribution in [0.2, 0.25) is 0 Å². The summed E-state index contributed by atoms with van der Waals surface area (Å²) in [6.07, 6.45) is 26.8. The number of phosphoric ester groups is 1. The van der Waals surface area contributed by atoms with Gasteiger partial charge in [-0.3, -0.25) is 14.2 Å². The predicted octanol–water partition coefficient (Wildman–Crippen LogP) is 8.83. The van der Waals surface area contributed by atoms with Gasteiger partial charge in [0.05, 0.1) is 27.7 Å². The second kappa shape index (κ2) is 29.9. The minimum Gasteiger partial charge on any atom is -0.756 e. The number of rotatable bonds is 33. The van der Waals surface area contributed by atoms with Crippen LogP contribution in [-0.2, 0) is 32.7 Å². The Morgan fingerprint density at radius 3 is 1.61 bits per heavy atom. The van der Waals surface area contributed by atoms with Gasteiger partial charge in [-0.15, -0.1) is 0 Å². The van der Waals surface area contributed by atoms with Crippen LogP contribution in [0.4, 0.5) is 0 Å². The maximum absolute atomic E-state index is 12.6. The van der Waals surface area contributed by atoms with Gasteiger partial charge in [0.2, 0.25) is 0 Å². The number of esters is 2. The molecule has 0 aliphatic carbocycles. The maximum Gasteiger partial charge on any atom is 0.306 e. The molecule has 0 saturated heterocycles. The number of carbonyl (C=O) groups is 2. The summed E-state index contributed by atoms with van der Waals surface area (Å²) in [4.78, 5) is 37.1. The van der Waals surface area contributed by atoms with Crippen LogP contribution in [0.3, 0.4) is 0 Å². The molecule has 0 bridgehead atoms. The van der Waals surface area contributed by atoms with Gasteiger partial charge < -0.3 is 27.9 Å². The molecule has 0 heterocycles. The predicted molar refractivity (Wildman–Crippen MR) is 185 cm³/mol. The Kier molecular flexibility index (Phi) is 29.0. The summed E-state index contributed by atoms with van der Waals surface area (Å²) in [6.45, 7) is 4.15. The molecule has 0 aromatic rings. The van der Waals surface area contributed by atoms with E-state index in [9.17, 15) is 19.0 Å². The smallest absolute Gasteiger partial charge is 0.306 e. The Hall–Kier alpha value is -1.25. The van der Waals surface area contributed by atoms with Crippen LogP contribution in [0.5, 0.6) is 0 Å². The van der Waals surface area contributed by atoms with E-state index >= 15 is 0 Å². The molecule has 0 N–H and O–H groups in total. The number of hydrogen-bond donors (Lipinski definition) is 0. The number of nitrogens with zero attached hydrogens (tertiary/aromatic N) is 1. The number of hydrogen-bond acceptors (Lipinski definition) is 8. The highest BCUT2D eigenvalue weighted by atomic mass is 31.2. The van der Waals surface area contributed by atoms with E-state index in [0.29, 0.717) is 17.4 Å². The van der Waals surface area contributed by atoms with Gasteiger partial charge in [0.1, 0.15) is 19.8 Å². The van der Waals surface area contributed by atoms with E-state index < -0.39 is 32.5 Å². The van der Waals surface area contributed by atoms with Gasteiger partial charge in [0.15, 0.2) is 6.10 Å². The Labute approximate surface area is 282 Å². The second-order valence-electron chi connectivity index (χ2n) is 13.6. The first-order chi connectivity index (χ1) is 22.0. The molecule has 0 rings (SSSR count). The number of unbranched alkanes of at least 4 members (excludes halogenated alkanes) is 17. The summed E-state index contributed by atoms with van der Waals surface area (Å²) in [6, 6.07) is 0. The molecule has 0 spiro atoms. The van der Waals surface area contributed by atoms with Gasteiger partial charge in [0, 0.05) is 12.8 Å².